The van der Waals surface area contributed by atoms with Crippen LogP contribution in [0.15, 0.2) is 108 Å². The van der Waals surface area contributed by atoms with E-state index in [-0.39, 0.29) is 5.56 Å². The van der Waals surface area contributed by atoms with Crippen molar-refractivity contribution in [2.24, 2.45) is 0 Å². The summed E-state index contributed by atoms with van der Waals surface area (Å²) < 4.78 is 43.3. The number of alkyl halides is 3. The minimum absolute atomic E-state index is 0.180. The predicted octanol–water partition coefficient (Wildman–Crippen LogP) is 7.29. The topological polar surface area (TPSA) is 65.6 Å². The summed E-state index contributed by atoms with van der Waals surface area (Å²) in [5.74, 6) is 1.19. The van der Waals surface area contributed by atoms with Gasteiger partial charge >= 0.3 is 6.18 Å². The summed E-state index contributed by atoms with van der Waals surface area (Å²) in [6.07, 6.45) is 0.885. The van der Waals surface area contributed by atoms with E-state index in [0.29, 0.717) is 53.1 Å². The zero-order valence-electron chi connectivity index (χ0n) is 24.3. The first kappa shape index (κ1) is 29.0. The molecule has 0 spiro atoms. The Bertz CT molecular complexity index is 1960. The molecule has 1 atom stereocenters. The number of para-hydroxylation sites is 1. The van der Waals surface area contributed by atoms with Crippen molar-refractivity contribution in [3.05, 3.63) is 153 Å². The molecule has 3 aromatic carbocycles. The molecule has 0 saturated carbocycles. The van der Waals surface area contributed by atoms with Crippen LogP contribution >= 0.6 is 0 Å². The highest BCUT2D eigenvalue weighted by Crippen LogP contribution is 2.30. The van der Waals surface area contributed by atoms with Gasteiger partial charge < -0.3 is 4.57 Å². The minimum atomic E-state index is -4.41. The fourth-order valence-electron chi connectivity index (χ4n) is 5.37. The van der Waals surface area contributed by atoms with Gasteiger partial charge in [-0.15, -0.1) is 0 Å². The number of hydrogen-bond donors (Lipinski definition) is 0. The third kappa shape index (κ3) is 6.04. The third-order valence-corrected chi connectivity index (χ3v) is 7.75. The Morgan fingerprint density at radius 1 is 0.818 bits per heavy atom. The van der Waals surface area contributed by atoms with E-state index in [1.54, 1.807) is 16.8 Å². The number of pyridine rings is 1. The van der Waals surface area contributed by atoms with Gasteiger partial charge in [-0.05, 0) is 80.8 Å². The average molecular weight is 594 g/mol. The number of fused-ring (bicyclic) bond motifs is 1. The molecule has 0 aliphatic rings. The molecule has 0 aliphatic heterocycles. The second-order valence-electron chi connectivity index (χ2n) is 10.9. The summed E-state index contributed by atoms with van der Waals surface area (Å²) in [5.41, 5.74) is 3.91. The van der Waals surface area contributed by atoms with Crippen LogP contribution in [0.25, 0.3) is 16.6 Å². The number of halogens is 3. The van der Waals surface area contributed by atoms with Crippen LogP contribution in [0.1, 0.15) is 52.7 Å². The van der Waals surface area contributed by atoms with Gasteiger partial charge in [-0.25, -0.2) is 9.97 Å². The van der Waals surface area contributed by atoms with Crippen LogP contribution in [-0.4, -0.2) is 24.1 Å². The van der Waals surface area contributed by atoms with Crippen molar-refractivity contribution < 1.29 is 13.2 Å². The minimum Gasteiger partial charge on any atom is -0.324 e. The van der Waals surface area contributed by atoms with E-state index in [0.717, 1.165) is 29.1 Å². The normalized spacial score (nSPS) is 12.5. The van der Waals surface area contributed by atoms with Crippen LogP contribution < -0.4 is 5.56 Å². The van der Waals surface area contributed by atoms with Crippen molar-refractivity contribution in [3.63, 3.8) is 0 Å². The SMILES string of the molecule is Cc1ccc(-n2c(C(C)n3cc(CCc4ccccn4)nc3Cc3ccc(C(F)(F)F)cc3)nc3ccccc3c2=O)cc1. The molecule has 6 rings (SSSR count). The van der Waals surface area contributed by atoms with E-state index in [1.165, 1.54) is 12.1 Å². The standard InChI is InChI=1S/C35H30F3N5O/c1-23-10-18-29(19-11-23)43-33(41-31-9-4-3-8-30(31)34(43)44)24(2)42-22-28(17-16-27-7-5-6-20-39-27)40-32(42)21-25-12-14-26(15-13-25)35(36,37)38/h3-15,18-20,22,24H,16-17,21H2,1-2H3. The largest absolute Gasteiger partial charge is 0.416 e. The van der Waals surface area contributed by atoms with Crippen molar-refractivity contribution in [3.8, 4) is 5.69 Å². The van der Waals surface area contributed by atoms with E-state index < -0.39 is 17.8 Å². The molecule has 6 aromatic rings. The molecule has 6 nitrogen and oxygen atoms in total. The van der Waals surface area contributed by atoms with Gasteiger partial charge in [0, 0.05) is 24.5 Å². The van der Waals surface area contributed by atoms with E-state index in [1.807, 2.05) is 85.3 Å². The van der Waals surface area contributed by atoms with Crippen molar-refractivity contribution in [1.29, 1.82) is 0 Å². The summed E-state index contributed by atoms with van der Waals surface area (Å²) in [6.45, 7) is 3.95. The van der Waals surface area contributed by atoms with E-state index >= 15 is 0 Å². The van der Waals surface area contributed by atoms with Crippen LogP contribution in [0.3, 0.4) is 0 Å². The second kappa shape index (κ2) is 11.9. The fourth-order valence-corrected chi connectivity index (χ4v) is 5.37. The lowest BCUT2D eigenvalue weighted by Crippen LogP contribution is -2.27. The Balaban J connectivity index is 1.45. The first-order valence-electron chi connectivity index (χ1n) is 14.4. The zero-order valence-corrected chi connectivity index (χ0v) is 24.3. The zero-order chi connectivity index (χ0) is 30.8. The number of aromatic nitrogens is 5. The Morgan fingerprint density at radius 3 is 2.23 bits per heavy atom. The molecule has 1 unspecified atom stereocenters. The lowest BCUT2D eigenvalue weighted by molar-refractivity contribution is -0.137. The number of benzene rings is 3. The molecule has 0 radical (unpaired) electrons. The molecule has 0 aliphatic carbocycles. The van der Waals surface area contributed by atoms with Crippen molar-refractivity contribution in [1.82, 2.24) is 24.1 Å². The molecule has 3 aromatic heterocycles. The van der Waals surface area contributed by atoms with Crippen LogP contribution in [-0.2, 0) is 25.4 Å². The van der Waals surface area contributed by atoms with Gasteiger partial charge in [0.25, 0.3) is 5.56 Å². The van der Waals surface area contributed by atoms with Crippen LogP contribution in [0.2, 0.25) is 0 Å². The average Bonchev–Trinajstić information content (AvgIpc) is 3.43. The van der Waals surface area contributed by atoms with E-state index in [9.17, 15) is 18.0 Å². The summed E-state index contributed by atoms with van der Waals surface area (Å²) in [7, 11) is 0. The van der Waals surface area contributed by atoms with Crippen molar-refractivity contribution >= 4 is 10.9 Å². The monoisotopic (exact) mass is 593 g/mol. The molecule has 3 heterocycles. The molecular formula is C35H30F3N5O. The number of rotatable bonds is 8. The van der Waals surface area contributed by atoms with Gasteiger partial charge in [0.05, 0.1) is 33.9 Å². The first-order chi connectivity index (χ1) is 21.2. The van der Waals surface area contributed by atoms with E-state index in [2.05, 4.69) is 4.98 Å². The smallest absolute Gasteiger partial charge is 0.324 e. The highest BCUT2D eigenvalue weighted by molar-refractivity contribution is 5.78. The third-order valence-electron chi connectivity index (χ3n) is 7.75. The summed E-state index contributed by atoms with van der Waals surface area (Å²) in [5, 5.41) is 0.510. The Hall–Kier alpha value is -5.05. The molecule has 0 N–H and O–H groups in total. The lowest BCUT2D eigenvalue weighted by Gasteiger charge is -2.21. The van der Waals surface area contributed by atoms with Crippen LogP contribution in [0.4, 0.5) is 13.2 Å². The highest BCUT2D eigenvalue weighted by atomic mass is 19.4. The van der Waals surface area contributed by atoms with Gasteiger partial charge in [-0.2, -0.15) is 13.2 Å². The molecule has 0 bridgehead atoms. The molecule has 222 valence electrons. The molecule has 0 amide bonds. The van der Waals surface area contributed by atoms with Crippen molar-refractivity contribution in [2.45, 2.75) is 45.3 Å². The molecular weight excluding hydrogens is 563 g/mol. The van der Waals surface area contributed by atoms with Crippen LogP contribution in [0, 0.1) is 6.92 Å². The van der Waals surface area contributed by atoms with Gasteiger partial charge in [0.15, 0.2) is 0 Å². The van der Waals surface area contributed by atoms with Gasteiger partial charge in [-0.3, -0.25) is 14.3 Å². The maximum atomic E-state index is 13.9. The maximum absolute atomic E-state index is 13.9. The van der Waals surface area contributed by atoms with Crippen molar-refractivity contribution in [2.75, 3.05) is 0 Å². The fraction of sp³-hybridized carbons (Fsp3) is 0.200. The maximum Gasteiger partial charge on any atom is 0.416 e. The lowest BCUT2D eigenvalue weighted by atomic mass is 10.1. The highest BCUT2D eigenvalue weighted by Gasteiger charge is 2.30. The van der Waals surface area contributed by atoms with Crippen LogP contribution in [0.5, 0.6) is 0 Å². The molecule has 9 heteroatoms. The van der Waals surface area contributed by atoms with E-state index in [4.69, 9.17) is 9.97 Å². The Labute approximate surface area is 252 Å². The predicted molar refractivity (Wildman–Crippen MR) is 164 cm³/mol. The Kier molecular flexibility index (Phi) is 7.86. The summed E-state index contributed by atoms with van der Waals surface area (Å²) >= 11 is 0. The summed E-state index contributed by atoms with van der Waals surface area (Å²) in [6, 6.07) is 25.4. The number of imidazole rings is 1. The summed E-state index contributed by atoms with van der Waals surface area (Å²) in [4.78, 5) is 28.3. The van der Waals surface area contributed by atoms with Gasteiger partial charge in [-0.1, -0.05) is 48.0 Å². The number of aryl methyl sites for hydroxylation is 3. The Morgan fingerprint density at radius 2 is 1.52 bits per heavy atom. The quantitative estimate of drug-likeness (QED) is 0.186. The second-order valence-corrected chi connectivity index (χ2v) is 10.9. The first-order valence-corrected chi connectivity index (χ1v) is 14.4. The van der Waals surface area contributed by atoms with Gasteiger partial charge in [0.2, 0.25) is 0 Å². The molecule has 0 saturated heterocycles. The number of nitrogens with zero attached hydrogens (tertiary/aromatic N) is 5. The number of hydrogen-bond acceptors (Lipinski definition) is 4. The molecule has 0 fully saturated rings. The molecule has 44 heavy (non-hydrogen) atoms. The van der Waals surface area contributed by atoms with Gasteiger partial charge in [0.1, 0.15) is 11.6 Å².